The quantitative estimate of drug-likeness (QED) is 0.471. The predicted molar refractivity (Wildman–Crippen MR) is 138 cm³/mol. The summed E-state index contributed by atoms with van der Waals surface area (Å²) in [6.07, 6.45) is 4.24. The Labute approximate surface area is 224 Å². The Kier molecular flexibility index (Phi) is 8.57. The highest BCUT2D eigenvalue weighted by Crippen LogP contribution is 2.33. The zero-order valence-electron chi connectivity index (χ0n) is 22.1. The summed E-state index contributed by atoms with van der Waals surface area (Å²) in [7, 11) is 1.29. The maximum Gasteiger partial charge on any atom is 0.413 e. The number of ether oxygens (including phenoxy) is 2. The molecule has 1 atom stereocenters. The first-order valence-corrected chi connectivity index (χ1v) is 12.7. The molecule has 2 aliphatic heterocycles. The normalized spacial score (nSPS) is 20.0. The van der Waals surface area contributed by atoms with E-state index in [4.69, 9.17) is 9.47 Å². The third-order valence-corrected chi connectivity index (χ3v) is 6.70. The molecule has 15 heteroatoms. The molecule has 2 aliphatic rings. The minimum absolute atomic E-state index is 0.0394. The average Bonchev–Trinajstić information content (AvgIpc) is 2.89. The summed E-state index contributed by atoms with van der Waals surface area (Å²) in [5, 5.41) is 8.29. The SMILES string of the molecule is CCOc1cnc(NC(=O)N(C)[C@H]2CN(c3nccc(NC(=O)OC4(C)CCNCC4)n3)CCC2(F)F)cn1. The Morgan fingerprint density at radius 3 is 2.62 bits per heavy atom. The third-order valence-electron chi connectivity index (χ3n) is 6.70. The number of likely N-dealkylation sites (N-methyl/N-ethyl adjacent to an activating group) is 1. The molecule has 212 valence electrons. The lowest BCUT2D eigenvalue weighted by atomic mass is 9.95. The fourth-order valence-corrected chi connectivity index (χ4v) is 4.40. The molecule has 3 N–H and O–H groups in total. The predicted octanol–water partition coefficient (Wildman–Crippen LogP) is 2.73. The van der Waals surface area contributed by atoms with Crippen LogP contribution in [0, 0.1) is 0 Å². The van der Waals surface area contributed by atoms with Crippen molar-refractivity contribution in [1.29, 1.82) is 0 Å². The number of piperidine rings is 2. The number of nitrogens with one attached hydrogen (secondary N) is 3. The van der Waals surface area contributed by atoms with Gasteiger partial charge in [0.25, 0.3) is 5.92 Å². The van der Waals surface area contributed by atoms with Crippen molar-refractivity contribution in [2.24, 2.45) is 0 Å². The van der Waals surface area contributed by atoms with Crippen LogP contribution >= 0.6 is 0 Å². The molecule has 0 radical (unpaired) electrons. The van der Waals surface area contributed by atoms with Crippen molar-refractivity contribution in [2.75, 3.05) is 55.4 Å². The summed E-state index contributed by atoms with van der Waals surface area (Å²) in [4.78, 5) is 44.3. The molecular formula is C24H33F2N9O4. The molecule has 0 spiro atoms. The summed E-state index contributed by atoms with van der Waals surface area (Å²) in [6.45, 7) is 5.31. The monoisotopic (exact) mass is 549 g/mol. The van der Waals surface area contributed by atoms with Gasteiger partial charge in [0.05, 0.1) is 19.0 Å². The van der Waals surface area contributed by atoms with E-state index >= 15 is 0 Å². The van der Waals surface area contributed by atoms with Gasteiger partial charge in [-0.25, -0.2) is 33.3 Å². The van der Waals surface area contributed by atoms with Gasteiger partial charge in [-0.15, -0.1) is 0 Å². The highest BCUT2D eigenvalue weighted by molar-refractivity contribution is 5.88. The Morgan fingerprint density at radius 2 is 1.92 bits per heavy atom. The van der Waals surface area contributed by atoms with Crippen molar-refractivity contribution in [1.82, 2.24) is 30.2 Å². The molecule has 2 fully saturated rings. The van der Waals surface area contributed by atoms with Gasteiger partial charge in [0.2, 0.25) is 11.8 Å². The third kappa shape index (κ3) is 7.16. The van der Waals surface area contributed by atoms with Crippen LogP contribution in [0.5, 0.6) is 5.88 Å². The van der Waals surface area contributed by atoms with Crippen LogP contribution < -0.4 is 25.6 Å². The topological polar surface area (TPSA) is 147 Å². The van der Waals surface area contributed by atoms with Gasteiger partial charge < -0.3 is 24.6 Å². The number of nitrogens with zero attached hydrogens (tertiary/aromatic N) is 6. The highest BCUT2D eigenvalue weighted by atomic mass is 19.3. The standard InChI is InChI=1S/C24H33F2N9O4/c1-4-38-19-14-29-18(13-30-19)32-21(36)34(3)16-15-35(12-8-24(16,25)26)20-28-9-5-17(31-20)33-22(37)39-23(2)6-10-27-11-7-23/h5,9,13-14,16,27H,4,6-8,10-12,15H2,1-3H3,(H,29,32,36)(H,28,31,33,37)/t16-/m0/s1. The first kappa shape index (κ1) is 28.1. The number of hydrogen-bond donors (Lipinski definition) is 3. The second kappa shape index (κ2) is 11.9. The zero-order valence-corrected chi connectivity index (χ0v) is 22.1. The van der Waals surface area contributed by atoms with E-state index in [1.807, 2.05) is 6.92 Å². The Bertz CT molecular complexity index is 1150. The number of halogens is 2. The number of aromatic nitrogens is 4. The molecule has 4 rings (SSSR count). The number of urea groups is 1. The van der Waals surface area contributed by atoms with Gasteiger partial charge >= 0.3 is 12.1 Å². The molecule has 13 nitrogen and oxygen atoms in total. The van der Waals surface area contributed by atoms with Crippen molar-refractivity contribution in [3.8, 4) is 5.88 Å². The molecule has 0 unspecified atom stereocenters. The zero-order chi connectivity index (χ0) is 28.0. The molecule has 2 aromatic heterocycles. The molecule has 2 saturated heterocycles. The number of amides is 3. The molecule has 2 aromatic rings. The van der Waals surface area contributed by atoms with E-state index < -0.39 is 36.1 Å². The van der Waals surface area contributed by atoms with Gasteiger partial charge in [-0.1, -0.05) is 0 Å². The summed E-state index contributed by atoms with van der Waals surface area (Å²) in [5.41, 5.74) is -0.584. The Balaban J connectivity index is 1.40. The van der Waals surface area contributed by atoms with Crippen molar-refractivity contribution in [3.63, 3.8) is 0 Å². The lowest BCUT2D eigenvalue weighted by Crippen LogP contribution is -2.60. The van der Waals surface area contributed by atoms with Crippen LogP contribution in [0.25, 0.3) is 0 Å². The number of anilines is 3. The van der Waals surface area contributed by atoms with Crippen LogP contribution in [0.4, 0.5) is 36.0 Å². The summed E-state index contributed by atoms with van der Waals surface area (Å²) in [5.74, 6) is -2.46. The summed E-state index contributed by atoms with van der Waals surface area (Å²) in [6, 6.07) is -0.763. The first-order valence-electron chi connectivity index (χ1n) is 12.7. The van der Waals surface area contributed by atoms with Crippen molar-refractivity contribution in [2.45, 2.75) is 50.7 Å². The highest BCUT2D eigenvalue weighted by Gasteiger charge is 2.48. The molecule has 0 bridgehead atoms. The summed E-state index contributed by atoms with van der Waals surface area (Å²) >= 11 is 0. The van der Waals surface area contributed by atoms with Crippen LogP contribution in [-0.2, 0) is 4.74 Å². The number of carbonyl (C=O) groups excluding carboxylic acids is 2. The van der Waals surface area contributed by atoms with Gasteiger partial charge in [-0.3, -0.25) is 10.6 Å². The number of rotatable bonds is 7. The van der Waals surface area contributed by atoms with Crippen molar-refractivity contribution >= 4 is 29.7 Å². The van der Waals surface area contributed by atoms with Crippen LogP contribution in [0.2, 0.25) is 0 Å². The van der Waals surface area contributed by atoms with Crippen LogP contribution in [-0.4, -0.2) is 94.4 Å². The molecule has 4 heterocycles. The van der Waals surface area contributed by atoms with Gasteiger partial charge in [0.1, 0.15) is 17.5 Å². The van der Waals surface area contributed by atoms with E-state index in [0.717, 1.165) is 18.0 Å². The lowest BCUT2D eigenvalue weighted by Gasteiger charge is -2.42. The Morgan fingerprint density at radius 1 is 1.15 bits per heavy atom. The van der Waals surface area contributed by atoms with Gasteiger partial charge in [0, 0.05) is 32.8 Å². The minimum Gasteiger partial charge on any atom is -0.477 e. The second-order valence-corrected chi connectivity index (χ2v) is 9.64. The van der Waals surface area contributed by atoms with Gasteiger partial charge in [-0.2, -0.15) is 4.98 Å². The average molecular weight is 550 g/mol. The second-order valence-electron chi connectivity index (χ2n) is 9.64. The molecule has 0 aromatic carbocycles. The first-order chi connectivity index (χ1) is 18.6. The fourth-order valence-electron chi connectivity index (χ4n) is 4.40. The van der Waals surface area contributed by atoms with Crippen molar-refractivity contribution < 1.29 is 27.8 Å². The molecule has 0 saturated carbocycles. The van der Waals surface area contributed by atoms with Crippen LogP contribution in [0.1, 0.15) is 33.1 Å². The number of hydrogen-bond acceptors (Lipinski definition) is 10. The lowest BCUT2D eigenvalue weighted by molar-refractivity contribution is -0.0760. The van der Waals surface area contributed by atoms with Gasteiger partial charge in [-0.05, 0) is 45.8 Å². The molecule has 0 aliphatic carbocycles. The minimum atomic E-state index is -3.16. The number of alkyl halides is 2. The largest absolute Gasteiger partial charge is 0.477 e. The smallest absolute Gasteiger partial charge is 0.413 e. The van der Waals surface area contributed by atoms with Crippen molar-refractivity contribution in [3.05, 3.63) is 24.7 Å². The maximum atomic E-state index is 14.9. The summed E-state index contributed by atoms with van der Waals surface area (Å²) < 4.78 is 40.7. The molecule has 3 amide bonds. The Hall–Kier alpha value is -3.88. The van der Waals surface area contributed by atoms with E-state index in [1.165, 1.54) is 31.7 Å². The molecule has 39 heavy (non-hydrogen) atoms. The van der Waals surface area contributed by atoms with E-state index in [-0.39, 0.29) is 36.6 Å². The fraction of sp³-hybridized carbons (Fsp3) is 0.583. The maximum absolute atomic E-state index is 14.9. The van der Waals surface area contributed by atoms with E-state index in [0.29, 0.717) is 19.4 Å². The van der Waals surface area contributed by atoms with Crippen LogP contribution in [0.15, 0.2) is 24.7 Å². The van der Waals surface area contributed by atoms with Gasteiger partial charge in [0.15, 0.2) is 5.82 Å². The molecular weight excluding hydrogens is 516 g/mol. The van der Waals surface area contributed by atoms with E-state index in [1.54, 1.807) is 11.8 Å². The van der Waals surface area contributed by atoms with E-state index in [9.17, 15) is 18.4 Å². The van der Waals surface area contributed by atoms with E-state index in [2.05, 4.69) is 35.9 Å². The number of carbonyl (C=O) groups is 2. The van der Waals surface area contributed by atoms with Crippen LogP contribution in [0.3, 0.4) is 0 Å².